The molecule has 2 aliphatic rings. The van der Waals surface area contributed by atoms with Gasteiger partial charge in [0.1, 0.15) is 5.54 Å². The lowest BCUT2D eigenvalue weighted by Gasteiger charge is -2.35. The van der Waals surface area contributed by atoms with Gasteiger partial charge in [-0.05, 0) is 92.5 Å². The molecule has 3 aromatic carbocycles. The van der Waals surface area contributed by atoms with Crippen molar-refractivity contribution >= 4 is 12.2 Å². The van der Waals surface area contributed by atoms with Crippen LogP contribution in [-0.2, 0) is 11.7 Å². The van der Waals surface area contributed by atoms with Gasteiger partial charge in [-0.2, -0.15) is 18.3 Å². The van der Waals surface area contributed by atoms with Crippen molar-refractivity contribution in [1.29, 1.82) is 0 Å². The molecule has 1 aliphatic carbocycles. The third kappa shape index (κ3) is 3.46. The topological polar surface area (TPSA) is 43.6 Å². The van der Waals surface area contributed by atoms with E-state index in [0.717, 1.165) is 55.6 Å². The van der Waals surface area contributed by atoms with Gasteiger partial charge in [-0.15, -0.1) is 0 Å². The molecule has 4 nitrogen and oxygen atoms in total. The summed E-state index contributed by atoms with van der Waals surface area (Å²) in [6, 6.07) is 28.9. The Balaban J connectivity index is 1.53. The van der Waals surface area contributed by atoms with Gasteiger partial charge in [0.15, 0.2) is 5.69 Å². The molecule has 0 amide bonds. The molecule has 3 aromatic heterocycles. The minimum absolute atomic E-state index is 0.431. The summed E-state index contributed by atoms with van der Waals surface area (Å²) >= 11 is 0. The maximum absolute atomic E-state index is 14.2. The molecule has 0 N–H and O–H groups in total. The zero-order valence-corrected chi connectivity index (χ0v) is 22.0. The summed E-state index contributed by atoms with van der Waals surface area (Å²) in [6.45, 7) is 0. The Morgan fingerprint density at radius 1 is 0.571 bits per heavy atom. The van der Waals surface area contributed by atoms with Crippen LogP contribution in [0.25, 0.3) is 45.7 Å². The molecule has 0 atom stereocenters. The predicted molar refractivity (Wildman–Crippen MR) is 156 cm³/mol. The normalized spacial score (nSPS) is 14.2. The molecule has 202 valence electrons. The summed E-state index contributed by atoms with van der Waals surface area (Å²) in [5.74, 6) is 0. The van der Waals surface area contributed by atoms with Crippen molar-refractivity contribution in [3.05, 3.63) is 149 Å². The summed E-state index contributed by atoms with van der Waals surface area (Å²) in [7, 11) is 0. The van der Waals surface area contributed by atoms with Crippen molar-refractivity contribution in [3.8, 4) is 33.5 Å². The van der Waals surface area contributed by atoms with Crippen molar-refractivity contribution in [2.45, 2.75) is 11.7 Å². The number of hydrogen-bond donors (Lipinski definition) is 0. The van der Waals surface area contributed by atoms with Gasteiger partial charge in [0, 0.05) is 30.4 Å². The molecule has 42 heavy (non-hydrogen) atoms. The molecule has 6 aromatic rings. The highest BCUT2D eigenvalue weighted by Gasteiger charge is 2.51. The Labute approximate surface area is 239 Å². The van der Waals surface area contributed by atoms with Crippen molar-refractivity contribution in [2.75, 3.05) is 0 Å². The highest BCUT2D eigenvalue weighted by Crippen LogP contribution is 2.55. The molecule has 4 heterocycles. The largest absolute Gasteiger partial charge is 0.435 e. The SMILES string of the molecule is FC(F)(F)c1cc2n(n1)C1(c3cc(-c4ccncc4)ccc3C=Cc3ccc(-c4ccncc4)cc31)c1ccccc1-2. The Morgan fingerprint density at radius 3 is 1.67 bits per heavy atom. The van der Waals surface area contributed by atoms with Gasteiger partial charge >= 0.3 is 6.18 Å². The average Bonchev–Trinajstić information content (AvgIpc) is 3.54. The van der Waals surface area contributed by atoms with E-state index in [-0.39, 0.29) is 0 Å². The van der Waals surface area contributed by atoms with Crippen LogP contribution in [0.4, 0.5) is 13.2 Å². The molecule has 1 spiro atoms. The molecular formula is C35H21F3N4. The van der Waals surface area contributed by atoms with Crippen molar-refractivity contribution < 1.29 is 13.2 Å². The van der Waals surface area contributed by atoms with E-state index in [0.29, 0.717) is 5.69 Å². The van der Waals surface area contributed by atoms with E-state index in [1.54, 1.807) is 29.5 Å². The van der Waals surface area contributed by atoms with Gasteiger partial charge in [-0.3, -0.25) is 9.97 Å². The minimum Gasteiger partial charge on any atom is -0.265 e. The average molecular weight is 555 g/mol. The number of halogens is 3. The van der Waals surface area contributed by atoms with Crippen LogP contribution in [0.5, 0.6) is 0 Å². The third-order valence-electron chi connectivity index (χ3n) is 8.27. The number of benzene rings is 3. The molecule has 0 radical (unpaired) electrons. The smallest absolute Gasteiger partial charge is 0.265 e. The first kappa shape index (κ1) is 24.5. The summed E-state index contributed by atoms with van der Waals surface area (Å²) < 4.78 is 44.2. The summed E-state index contributed by atoms with van der Waals surface area (Å²) in [5, 5.41) is 4.34. The fraction of sp³-hybridized carbons (Fsp3) is 0.0571. The first-order chi connectivity index (χ1) is 20.4. The van der Waals surface area contributed by atoms with Crippen molar-refractivity contribution in [1.82, 2.24) is 19.7 Å². The third-order valence-corrected chi connectivity index (χ3v) is 8.27. The molecule has 1 aliphatic heterocycles. The standard InChI is InChI=1S/C35H21F3N4/c36-35(37,38)33-21-32-28-3-1-2-4-29(28)34(42(32)41-33)30-19-26(22-11-15-39-16-12-22)9-7-24(30)5-6-25-8-10-27(20-31(25)34)23-13-17-40-18-14-23/h1-21H. The van der Waals surface area contributed by atoms with Gasteiger partial charge in [0.05, 0.1) is 5.69 Å². The van der Waals surface area contributed by atoms with Crippen LogP contribution in [0.1, 0.15) is 33.5 Å². The molecule has 7 heteroatoms. The van der Waals surface area contributed by atoms with Crippen LogP contribution in [0, 0.1) is 0 Å². The summed E-state index contributed by atoms with van der Waals surface area (Å²) in [4.78, 5) is 8.32. The summed E-state index contributed by atoms with van der Waals surface area (Å²) in [5.41, 5.74) is 7.26. The molecule has 0 saturated carbocycles. The zero-order valence-electron chi connectivity index (χ0n) is 22.0. The number of hydrogen-bond acceptors (Lipinski definition) is 3. The van der Waals surface area contributed by atoms with Crippen molar-refractivity contribution in [3.63, 3.8) is 0 Å². The molecule has 8 rings (SSSR count). The van der Waals surface area contributed by atoms with Gasteiger partial charge < -0.3 is 0 Å². The maximum Gasteiger partial charge on any atom is 0.435 e. The molecule has 0 fully saturated rings. The highest BCUT2D eigenvalue weighted by atomic mass is 19.4. The van der Waals surface area contributed by atoms with E-state index >= 15 is 0 Å². The lowest BCUT2D eigenvalue weighted by Crippen LogP contribution is -2.37. The lowest BCUT2D eigenvalue weighted by atomic mass is 9.74. The monoisotopic (exact) mass is 554 g/mol. The first-order valence-corrected chi connectivity index (χ1v) is 13.5. The van der Waals surface area contributed by atoms with Crippen LogP contribution >= 0.6 is 0 Å². The van der Waals surface area contributed by atoms with Crippen LogP contribution in [0.15, 0.2) is 116 Å². The van der Waals surface area contributed by atoms with Crippen LogP contribution < -0.4 is 0 Å². The molecule has 0 saturated heterocycles. The quantitative estimate of drug-likeness (QED) is 0.216. The maximum atomic E-state index is 14.2. The van der Waals surface area contributed by atoms with Gasteiger partial charge in [0.25, 0.3) is 0 Å². The fourth-order valence-corrected chi connectivity index (χ4v) is 6.42. The lowest BCUT2D eigenvalue weighted by molar-refractivity contribution is -0.141. The van der Waals surface area contributed by atoms with E-state index < -0.39 is 17.4 Å². The number of pyridine rings is 2. The minimum atomic E-state index is -4.60. The summed E-state index contributed by atoms with van der Waals surface area (Å²) in [6.07, 6.45) is 6.43. The van der Waals surface area contributed by atoms with Crippen LogP contribution in [0.2, 0.25) is 0 Å². The first-order valence-electron chi connectivity index (χ1n) is 13.5. The van der Waals surface area contributed by atoms with Crippen molar-refractivity contribution in [2.24, 2.45) is 0 Å². The van der Waals surface area contributed by atoms with Gasteiger partial charge in [-0.25, -0.2) is 4.68 Å². The van der Waals surface area contributed by atoms with E-state index in [4.69, 9.17) is 0 Å². The number of alkyl halides is 3. The molecule has 0 unspecified atom stereocenters. The Bertz CT molecular complexity index is 1930. The number of nitrogens with zero attached hydrogens (tertiary/aromatic N) is 4. The second kappa shape index (κ2) is 8.85. The second-order valence-corrected chi connectivity index (χ2v) is 10.5. The second-order valence-electron chi connectivity index (χ2n) is 10.5. The van der Waals surface area contributed by atoms with E-state index in [2.05, 4.69) is 27.2 Å². The molecule has 0 bridgehead atoms. The van der Waals surface area contributed by atoms with E-state index in [1.165, 1.54) is 6.07 Å². The van der Waals surface area contributed by atoms with Crippen LogP contribution in [0.3, 0.4) is 0 Å². The Morgan fingerprint density at radius 2 is 1.12 bits per heavy atom. The fourth-order valence-electron chi connectivity index (χ4n) is 6.42. The van der Waals surface area contributed by atoms with Gasteiger partial charge in [0.2, 0.25) is 0 Å². The van der Waals surface area contributed by atoms with E-state index in [9.17, 15) is 13.2 Å². The highest BCUT2D eigenvalue weighted by molar-refractivity contribution is 5.87. The van der Waals surface area contributed by atoms with E-state index in [1.807, 2.05) is 84.9 Å². The van der Waals surface area contributed by atoms with Gasteiger partial charge in [-0.1, -0.05) is 60.7 Å². The molecular weight excluding hydrogens is 533 g/mol. The number of rotatable bonds is 2. The Hall–Kier alpha value is -5.30. The number of aromatic nitrogens is 4. The zero-order chi connectivity index (χ0) is 28.5. The predicted octanol–water partition coefficient (Wildman–Crippen LogP) is 8.33. The number of fused-ring (bicyclic) bond motifs is 9. The Kier molecular flexibility index (Phi) is 5.16. The van der Waals surface area contributed by atoms with Crippen LogP contribution in [-0.4, -0.2) is 19.7 Å².